The van der Waals surface area contributed by atoms with Gasteiger partial charge in [0.15, 0.2) is 5.90 Å². The summed E-state index contributed by atoms with van der Waals surface area (Å²) in [5, 5.41) is 0. The molecule has 1 aromatic carbocycles. The molecule has 0 saturated heterocycles. The molecule has 0 unspecified atom stereocenters. The molecule has 0 radical (unpaired) electrons. The first-order valence-corrected chi connectivity index (χ1v) is 9.05. The van der Waals surface area contributed by atoms with Crippen molar-refractivity contribution in [3.63, 3.8) is 0 Å². The topological polar surface area (TPSA) is 64.7 Å². The van der Waals surface area contributed by atoms with E-state index in [1.807, 2.05) is 18.2 Å². The van der Waals surface area contributed by atoms with Crippen LogP contribution in [0.5, 0.6) is 0 Å². The normalized spacial score (nSPS) is 22.2. The molecule has 1 heterocycles. The van der Waals surface area contributed by atoms with Gasteiger partial charge in [0, 0.05) is 17.8 Å². The van der Waals surface area contributed by atoms with Crippen LogP contribution < -0.4 is 5.73 Å². The molecule has 1 amide bonds. The van der Waals surface area contributed by atoms with Crippen LogP contribution >= 0.6 is 0 Å². The number of nitrogens with zero attached hydrogens (tertiary/aromatic N) is 1. The maximum Gasteiger partial charge on any atom is 0.218 e. The molecular formula is C21H32N2O2. The zero-order chi connectivity index (χ0) is 18.8. The lowest BCUT2D eigenvalue weighted by molar-refractivity contribution is -0.119. The Bertz CT molecular complexity index is 624. The predicted octanol–water partition coefficient (Wildman–Crippen LogP) is 3.98. The van der Waals surface area contributed by atoms with E-state index in [4.69, 9.17) is 15.5 Å². The first kappa shape index (κ1) is 19.5. The van der Waals surface area contributed by atoms with E-state index in [1.54, 1.807) is 0 Å². The van der Waals surface area contributed by atoms with Crippen LogP contribution in [0.2, 0.25) is 0 Å². The number of hydrogen-bond acceptors (Lipinski definition) is 3. The molecule has 0 aliphatic carbocycles. The molecule has 0 spiro atoms. The van der Waals surface area contributed by atoms with Crippen LogP contribution in [-0.2, 0) is 16.0 Å². The number of aliphatic imine (C=N–C) groups is 1. The van der Waals surface area contributed by atoms with Gasteiger partial charge in [-0.15, -0.1) is 0 Å². The van der Waals surface area contributed by atoms with Crippen molar-refractivity contribution in [1.82, 2.24) is 0 Å². The van der Waals surface area contributed by atoms with Crippen molar-refractivity contribution in [2.24, 2.45) is 27.5 Å². The van der Waals surface area contributed by atoms with Crippen molar-refractivity contribution >= 4 is 11.8 Å². The van der Waals surface area contributed by atoms with Gasteiger partial charge in [0.25, 0.3) is 0 Å². The fourth-order valence-electron chi connectivity index (χ4n) is 3.37. The first-order chi connectivity index (χ1) is 11.5. The molecule has 2 N–H and O–H groups in total. The number of carbonyl (C=O) groups excluding carboxylic acids is 1. The van der Waals surface area contributed by atoms with Crippen molar-refractivity contribution in [2.45, 2.75) is 66.5 Å². The van der Waals surface area contributed by atoms with Crippen molar-refractivity contribution in [1.29, 1.82) is 0 Å². The zero-order valence-electron chi connectivity index (χ0n) is 16.4. The quantitative estimate of drug-likeness (QED) is 0.878. The third kappa shape index (κ3) is 5.07. The number of nitrogens with two attached hydrogens (primary N) is 1. The molecule has 0 fully saturated rings. The minimum atomic E-state index is -0.315. The van der Waals surface area contributed by atoms with Crippen LogP contribution in [0.3, 0.4) is 0 Å². The standard InChI is InChI=1S/C21H32N2O2/c1-20(2,3)15(13-17(22)24)19-23-16(18(25-19)21(4,5)6)12-14-10-8-7-9-11-14/h7-11,15-16,18H,12-13H2,1-6H3,(H2,22,24)/t15-,16+,18-/m1/s1. The fraction of sp³-hybridized carbons (Fsp3) is 0.619. The monoisotopic (exact) mass is 344 g/mol. The van der Waals surface area contributed by atoms with E-state index >= 15 is 0 Å². The Labute approximate surface area is 151 Å². The maximum atomic E-state index is 11.6. The fourth-order valence-corrected chi connectivity index (χ4v) is 3.37. The lowest BCUT2D eigenvalue weighted by Crippen LogP contribution is -2.39. The second-order valence-corrected chi connectivity index (χ2v) is 9.22. The molecule has 1 aliphatic rings. The Hall–Kier alpha value is -1.84. The third-order valence-corrected chi connectivity index (χ3v) is 4.78. The second kappa shape index (κ2) is 7.19. The summed E-state index contributed by atoms with van der Waals surface area (Å²) in [7, 11) is 0. The summed E-state index contributed by atoms with van der Waals surface area (Å²) < 4.78 is 6.34. The maximum absolute atomic E-state index is 11.6. The summed E-state index contributed by atoms with van der Waals surface area (Å²) in [5.41, 5.74) is 6.55. The number of amides is 1. The highest BCUT2D eigenvalue weighted by Crippen LogP contribution is 2.38. The van der Waals surface area contributed by atoms with Crippen LogP contribution in [0.15, 0.2) is 35.3 Å². The van der Waals surface area contributed by atoms with Crippen molar-refractivity contribution in [3.8, 4) is 0 Å². The van der Waals surface area contributed by atoms with Gasteiger partial charge in [-0.25, -0.2) is 4.99 Å². The van der Waals surface area contributed by atoms with Crippen molar-refractivity contribution in [3.05, 3.63) is 35.9 Å². The van der Waals surface area contributed by atoms with E-state index in [1.165, 1.54) is 5.56 Å². The molecule has 1 aliphatic heterocycles. The third-order valence-electron chi connectivity index (χ3n) is 4.78. The number of carbonyl (C=O) groups is 1. The first-order valence-electron chi connectivity index (χ1n) is 9.05. The summed E-state index contributed by atoms with van der Waals surface area (Å²) >= 11 is 0. The molecule has 1 aromatic rings. The van der Waals surface area contributed by atoms with Crippen LogP contribution in [0.25, 0.3) is 0 Å². The van der Waals surface area contributed by atoms with Gasteiger partial charge >= 0.3 is 0 Å². The summed E-state index contributed by atoms with van der Waals surface area (Å²) in [6.45, 7) is 12.8. The van der Waals surface area contributed by atoms with Crippen LogP contribution in [-0.4, -0.2) is 24.0 Å². The van der Waals surface area contributed by atoms with Gasteiger partial charge in [0.2, 0.25) is 5.91 Å². The molecule has 0 saturated carbocycles. The number of primary amides is 1. The van der Waals surface area contributed by atoms with E-state index in [2.05, 4.69) is 53.7 Å². The summed E-state index contributed by atoms with van der Waals surface area (Å²) in [6, 6.07) is 10.4. The molecule has 3 atom stereocenters. The molecular weight excluding hydrogens is 312 g/mol. The van der Waals surface area contributed by atoms with E-state index < -0.39 is 0 Å². The van der Waals surface area contributed by atoms with Gasteiger partial charge in [0.1, 0.15) is 6.10 Å². The summed E-state index contributed by atoms with van der Waals surface area (Å²) in [6.07, 6.45) is 1.08. The molecule has 4 heteroatoms. The van der Waals surface area contributed by atoms with Crippen LogP contribution in [0.4, 0.5) is 0 Å². The van der Waals surface area contributed by atoms with Gasteiger partial charge in [-0.3, -0.25) is 4.79 Å². The van der Waals surface area contributed by atoms with Gasteiger partial charge in [-0.05, 0) is 17.4 Å². The van der Waals surface area contributed by atoms with E-state index in [0.717, 1.165) is 6.42 Å². The Balaban J connectivity index is 2.32. The average Bonchev–Trinajstić information content (AvgIpc) is 2.88. The SMILES string of the molecule is CC(C)(C)[C@H](CC(N)=O)C1=N[C@@H](Cc2ccccc2)[C@H](C(C)(C)C)O1. The number of ether oxygens (including phenoxy) is 1. The van der Waals surface area contributed by atoms with E-state index in [0.29, 0.717) is 5.90 Å². The minimum Gasteiger partial charge on any atom is -0.475 e. The Morgan fingerprint density at radius 3 is 2.24 bits per heavy atom. The van der Waals surface area contributed by atoms with Crippen molar-refractivity contribution in [2.75, 3.05) is 0 Å². The van der Waals surface area contributed by atoms with E-state index in [9.17, 15) is 4.79 Å². The highest BCUT2D eigenvalue weighted by Gasteiger charge is 2.44. The molecule has 4 nitrogen and oxygen atoms in total. The Morgan fingerprint density at radius 2 is 1.76 bits per heavy atom. The summed E-state index contributed by atoms with van der Waals surface area (Å²) in [5.74, 6) is 0.271. The molecule has 138 valence electrons. The highest BCUT2D eigenvalue weighted by molar-refractivity contribution is 5.87. The predicted molar refractivity (Wildman–Crippen MR) is 102 cm³/mol. The lowest BCUT2D eigenvalue weighted by Gasteiger charge is -2.33. The minimum absolute atomic E-state index is 0.0135. The molecule has 25 heavy (non-hydrogen) atoms. The largest absolute Gasteiger partial charge is 0.475 e. The number of benzene rings is 1. The Kier molecular flexibility index (Phi) is 5.60. The van der Waals surface area contributed by atoms with Crippen LogP contribution in [0, 0.1) is 16.7 Å². The van der Waals surface area contributed by atoms with Gasteiger partial charge in [-0.2, -0.15) is 0 Å². The average molecular weight is 344 g/mol. The van der Waals surface area contributed by atoms with Gasteiger partial charge in [-0.1, -0.05) is 71.9 Å². The molecule has 0 aromatic heterocycles. The smallest absolute Gasteiger partial charge is 0.218 e. The summed E-state index contributed by atoms with van der Waals surface area (Å²) in [4.78, 5) is 16.5. The molecule has 2 rings (SSSR count). The van der Waals surface area contributed by atoms with Crippen LogP contribution in [0.1, 0.15) is 53.5 Å². The van der Waals surface area contributed by atoms with Crippen molar-refractivity contribution < 1.29 is 9.53 Å². The van der Waals surface area contributed by atoms with Gasteiger partial charge < -0.3 is 10.5 Å². The van der Waals surface area contributed by atoms with E-state index in [-0.39, 0.29) is 41.2 Å². The Morgan fingerprint density at radius 1 is 1.16 bits per heavy atom. The lowest BCUT2D eigenvalue weighted by atomic mass is 9.78. The number of hydrogen-bond donors (Lipinski definition) is 1. The molecule has 0 bridgehead atoms. The van der Waals surface area contributed by atoms with Gasteiger partial charge in [0.05, 0.1) is 6.04 Å². The number of rotatable bonds is 5. The zero-order valence-corrected chi connectivity index (χ0v) is 16.4. The highest BCUT2D eigenvalue weighted by atomic mass is 16.5. The second-order valence-electron chi connectivity index (χ2n) is 9.22.